The zero-order chi connectivity index (χ0) is 12.9. The van der Waals surface area contributed by atoms with Gasteiger partial charge in [0.15, 0.2) is 11.9 Å². The Hall–Kier alpha value is -1.40. The fourth-order valence-corrected chi connectivity index (χ4v) is 2.70. The van der Waals surface area contributed by atoms with Gasteiger partial charge in [0.25, 0.3) is 0 Å². The molecule has 2 atom stereocenters. The van der Waals surface area contributed by atoms with Crippen LogP contribution in [0.1, 0.15) is 31.4 Å². The molecule has 7 heteroatoms. The lowest BCUT2D eigenvalue weighted by atomic mass is 10.0. The monoisotopic (exact) mass is 260 g/mol. The topological polar surface area (TPSA) is 41.9 Å². The second-order valence-electron chi connectivity index (χ2n) is 4.99. The van der Waals surface area contributed by atoms with E-state index in [0.717, 1.165) is 29.6 Å². The number of fused-ring (bicyclic) bond motifs is 3. The molecule has 2 aliphatic rings. The minimum absolute atomic E-state index is 0.0249. The summed E-state index contributed by atoms with van der Waals surface area (Å²) < 4.78 is 40.3. The molecule has 4 nitrogen and oxygen atoms in total. The Bertz CT molecular complexity index is 466. The fourth-order valence-electron chi connectivity index (χ4n) is 2.70. The van der Waals surface area contributed by atoms with Crippen LogP contribution in [0.5, 0.6) is 0 Å². The molecule has 0 bridgehead atoms. The van der Waals surface area contributed by atoms with Gasteiger partial charge in [-0.3, -0.25) is 0 Å². The van der Waals surface area contributed by atoms with E-state index in [9.17, 15) is 13.2 Å². The zero-order valence-corrected chi connectivity index (χ0v) is 10.0. The van der Waals surface area contributed by atoms with Gasteiger partial charge in [-0.1, -0.05) is 0 Å². The summed E-state index contributed by atoms with van der Waals surface area (Å²) in [7, 11) is 0. The van der Waals surface area contributed by atoms with Gasteiger partial charge in [-0.2, -0.15) is 18.3 Å². The summed E-state index contributed by atoms with van der Waals surface area (Å²) in [5, 5.41) is 10.3. The summed E-state index contributed by atoms with van der Waals surface area (Å²) in [4.78, 5) is 0. The molecule has 18 heavy (non-hydrogen) atoms. The molecule has 0 radical (unpaired) electrons. The van der Waals surface area contributed by atoms with Crippen LogP contribution in [0, 0.1) is 0 Å². The first-order valence-corrected chi connectivity index (χ1v) is 6.15. The van der Waals surface area contributed by atoms with E-state index in [1.165, 1.54) is 0 Å². The SMILES string of the molecule is CC1CC(C(F)(F)F)n2nc3c(c2N1)CCCN3. The van der Waals surface area contributed by atoms with Crippen molar-refractivity contribution in [1.29, 1.82) is 0 Å². The van der Waals surface area contributed by atoms with Crippen molar-refractivity contribution in [3.63, 3.8) is 0 Å². The number of alkyl halides is 3. The van der Waals surface area contributed by atoms with Gasteiger partial charge in [0.05, 0.1) is 0 Å². The third-order valence-corrected chi connectivity index (χ3v) is 3.54. The van der Waals surface area contributed by atoms with Gasteiger partial charge < -0.3 is 10.6 Å². The molecule has 0 aliphatic carbocycles. The van der Waals surface area contributed by atoms with E-state index in [-0.39, 0.29) is 12.5 Å². The summed E-state index contributed by atoms with van der Waals surface area (Å²) in [5.74, 6) is 1.14. The zero-order valence-electron chi connectivity index (χ0n) is 10.0. The van der Waals surface area contributed by atoms with Crippen molar-refractivity contribution >= 4 is 11.6 Å². The number of rotatable bonds is 0. The second-order valence-corrected chi connectivity index (χ2v) is 4.99. The highest BCUT2D eigenvalue weighted by Crippen LogP contribution is 2.42. The van der Waals surface area contributed by atoms with Crippen molar-refractivity contribution in [3.8, 4) is 0 Å². The quantitative estimate of drug-likeness (QED) is 0.753. The number of aromatic nitrogens is 2. The number of nitrogens with one attached hydrogen (secondary N) is 2. The number of hydrogen-bond donors (Lipinski definition) is 2. The van der Waals surface area contributed by atoms with E-state index >= 15 is 0 Å². The highest BCUT2D eigenvalue weighted by molar-refractivity contribution is 5.62. The van der Waals surface area contributed by atoms with Crippen LogP contribution in [-0.4, -0.2) is 28.5 Å². The molecule has 0 fully saturated rings. The molecule has 3 rings (SSSR count). The van der Waals surface area contributed by atoms with Crippen LogP contribution in [-0.2, 0) is 6.42 Å². The lowest BCUT2D eigenvalue weighted by molar-refractivity contribution is -0.173. The number of hydrogen-bond acceptors (Lipinski definition) is 3. The smallest absolute Gasteiger partial charge is 0.368 e. The minimum Gasteiger partial charge on any atom is -0.368 e. The number of nitrogens with zero attached hydrogens (tertiary/aromatic N) is 2. The average Bonchev–Trinajstić information content (AvgIpc) is 2.65. The van der Waals surface area contributed by atoms with Gasteiger partial charge in [0.1, 0.15) is 5.82 Å². The van der Waals surface area contributed by atoms with Crippen LogP contribution < -0.4 is 10.6 Å². The van der Waals surface area contributed by atoms with Crippen molar-refractivity contribution in [2.45, 2.75) is 44.4 Å². The molecule has 0 saturated heterocycles. The lowest BCUT2D eigenvalue weighted by Gasteiger charge is -2.32. The van der Waals surface area contributed by atoms with Crippen molar-refractivity contribution in [2.24, 2.45) is 0 Å². The molecule has 2 unspecified atom stereocenters. The maximum atomic E-state index is 13.0. The average molecular weight is 260 g/mol. The minimum atomic E-state index is -4.25. The molecule has 2 N–H and O–H groups in total. The van der Waals surface area contributed by atoms with E-state index in [0.29, 0.717) is 11.6 Å². The van der Waals surface area contributed by atoms with E-state index < -0.39 is 12.2 Å². The molecule has 0 aromatic carbocycles. The summed E-state index contributed by atoms with van der Waals surface area (Å²) in [6, 6.07) is -1.71. The molecular weight excluding hydrogens is 245 g/mol. The molecule has 0 amide bonds. The van der Waals surface area contributed by atoms with Gasteiger partial charge in [-0.25, -0.2) is 4.68 Å². The van der Waals surface area contributed by atoms with Crippen molar-refractivity contribution in [2.75, 3.05) is 17.2 Å². The normalized spacial score (nSPS) is 26.9. The molecule has 0 saturated carbocycles. The van der Waals surface area contributed by atoms with Crippen LogP contribution in [0.25, 0.3) is 0 Å². The number of halogens is 3. The summed E-state index contributed by atoms with van der Waals surface area (Å²) >= 11 is 0. The number of anilines is 2. The highest BCUT2D eigenvalue weighted by atomic mass is 19.4. The fraction of sp³-hybridized carbons (Fsp3) is 0.727. The van der Waals surface area contributed by atoms with E-state index in [2.05, 4.69) is 15.7 Å². The van der Waals surface area contributed by atoms with E-state index in [1.54, 1.807) is 6.92 Å². The first-order chi connectivity index (χ1) is 8.47. The third kappa shape index (κ3) is 1.72. The van der Waals surface area contributed by atoms with Crippen LogP contribution in [0.4, 0.5) is 24.8 Å². The summed E-state index contributed by atoms with van der Waals surface area (Å²) in [6.45, 7) is 2.55. The van der Waals surface area contributed by atoms with Gasteiger partial charge in [0, 0.05) is 18.2 Å². The molecule has 3 heterocycles. The second kappa shape index (κ2) is 3.80. The summed E-state index contributed by atoms with van der Waals surface area (Å²) in [6.07, 6.45) is -2.52. The maximum Gasteiger partial charge on any atom is 0.410 e. The van der Waals surface area contributed by atoms with Crippen LogP contribution in [0.2, 0.25) is 0 Å². The van der Waals surface area contributed by atoms with Crippen molar-refractivity contribution < 1.29 is 13.2 Å². The first kappa shape index (κ1) is 11.7. The van der Waals surface area contributed by atoms with Crippen molar-refractivity contribution in [1.82, 2.24) is 9.78 Å². The Morgan fingerprint density at radius 2 is 2.17 bits per heavy atom. The molecular formula is C11H15F3N4. The van der Waals surface area contributed by atoms with Crippen molar-refractivity contribution in [3.05, 3.63) is 5.56 Å². The Morgan fingerprint density at radius 3 is 2.89 bits per heavy atom. The molecule has 2 aliphatic heterocycles. The molecule has 100 valence electrons. The third-order valence-electron chi connectivity index (χ3n) is 3.54. The largest absolute Gasteiger partial charge is 0.410 e. The molecule has 1 aromatic rings. The Balaban J connectivity index is 2.08. The highest BCUT2D eigenvalue weighted by Gasteiger charge is 2.46. The van der Waals surface area contributed by atoms with Gasteiger partial charge in [0.2, 0.25) is 0 Å². The Labute approximate surface area is 103 Å². The van der Waals surface area contributed by atoms with E-state index in [1.807, 2.05) is 0 Å². The van der Waals surface area contributed by atoms with Crippen LogP contribution in [0.3, 0.4) is 0 Å². The molecule has 1 aromatic heterocycles. The lowest BCUT2D eigenvalue weighted by Crippen LogP contribution is -2.38. The van der Waals surface area contributed by atoms with Gasteiger partial charge >= 0.3 is 6.18 Å². The van der Waals surface area contributed by atoms with E-state index in [4.69, 9.17) is 0 Å². The Kier molecular flexibility index (Phi) is 2.46. The standard InChI is InChI=1S/C11H15F3N4/c1-6-5-8(11(12,13)14)18-10(16-6)7-3-2-4-15-9(7)17-18/h6,8,16H,2-5H2,1H3,(H,15,17). The Morgan fingerprint density at radius 1 is 1.39 bits per heavy atom. The molecule has 0 spiro atoms. The first-order valence-electron chi connectivity index (χ1n) is 6.15. The van der Waals surface area contributed by atoms with Gasteiger partial charge in [-0.15, -0.1) is 0 Å². The van der Waals surface area contributed by atoms with Crippen LogP contribution in [0.15, 0.2) is 0 Å². The predicted molar refractivity (Wildman–Crippen MR) is 61.8 cm³/mol. The van der Waals surface area contributed by atoms with Gasteiger partial charge in [-0.05, 0) is 26.2 Å². The van der Waals surface area contributed by atoms with Crippen LogP contribution >= 0.6 is 0 Å². The summed E-state index contributed by atoms with van der Waals surface area (Å²) in [5.41, 5.74) is 0.891. The predicted octanol–water partition coefficient (Wildman–Crippen LogP) is 2.55. The maximum absolute atomic E-state index is 13.0.